The van der Waals surface area contributed by atoms with Crippen molar-refractivity contribution in [2.75, 3.05) is 6.66 Å². The van der Waals surface area contributed by atoms with Gasteiger partial charge < -0.3 is 24.0 Å². The molecule has 0 N–H and O–H groups in total. The molecule has 1 fully saturated rings. The zero-order valence-corrected chi connectivity index (χ0v) is 19.1. The van der Waals surface area contributed by atoms with Crippen molar-refractivity contribution in [3.05, 3.63) is 90.5 Å². The van der Waals surface area contributed by atoms with E-state index < -0.39 is 7.26 Å². The van der Waals surface area contributed by atoms with Crippen LogP contribution in [0, 0.1) is 0 Å². The maximum Gasteiger partial charge on any atom is 0.109 e. The molecule has 0 amide bonds. The summed E-state index contributed by atoms with van der Waals surface area (Å²) in [5.74, 6) is 0.728. The fourth-order valence-corrected chi connectivity index (χ4v) is 8.08. The van der Waals surface area contributed by atoms with Crippen LogP contribution in [0.1, 0.15) is 43.6 Å². The highest BCUT2D eigenvalue weighted by Crippen LogP contribution is 2.53. The Hall–Kier alpha value is -1.18. The topological polar surface area (TPSA) is 0 Å². The molecule has 0 saturated heterocycles. The Morgan fingerprint density at radius 3 is 1.67 bits per heavy atom. The third kappa shape index (κ3) is 4.15. The third-order valence-electron chi connectivity index (χ3n) is 6.01. The Balaban J connectivity index is 0.00000210. The summed E-state index contributed by atoms with van der Waals surface area (Å²) < 4.78 is 0. The number of rotatable bonds is 4. The summed E-state index contributed by atoms with van der Waals surface area (Å²) in [7, 11) is -1.63. The van der Waals surface area contributed by atoms with Gasteiger partial charge in [0.05, 0.1) is 6.66 Å². The zero-order chi connectivity index (χ0) is 17.8. The Morgan fingerprint density at radius 2 is 1.11 bits per heavy atom. The summed E-state index contributed by atoms with van der Waals surface area (Å²) in [6, 6.07) is 31.7. The molecule has 4 rings (SSSR count). The van der Waals surface area contributed by atoms with E-state index in [4.69, 9.17) is 0 Å². The van der Waals surface area contributed by atoms with E-state index in [2.05, 4.69) is 91.6 Å². The maximum absolute atomic E-state index is 2.51. The summed E-state index contributed by atoms with van der Waals surface area (Å²) in [5, 5.41) is 4.55. The maximum atomic E-state index is 2.51. The lowest BCUT2D eigenvalue weighted by atomic mass is 9.84. The van der Waals surface area contributed by atoms with Crippen molar-refractivity contribution < 1.29 is 24.0 Å². The third-order valence-corrected chi connectivity index (χ3v) is 10.0. The van der Waals surface area contributed by atoms with E-state index in [9.17, 15) is 0 Å². The highest BCUT2D eigenvalue weighted by Gasteiger charge is 2.42. The van der Waals surface area contributed by atoms with Crippen LogP contribution in [0.2, 0.25) is 0 Å². The Kier molecular flexibility index (Phi) is 7.11. The molecular formula is C25H28IP. The number of benzene rings is 3. The molecule has 1 saturated carbocycles. The Morgan fingerprint density at radius 1 is 0.630 bits per heavy atom. The van der Waals surface area contributed by atoms with E-state index >= 15 is 0 Å². The van der Waals surface area contributed by atoms with E-state index in [1.807, 2.05) is 0 Å². The van der Waals surface area contributed by atoms with Crippen LogP contribution in [0.5, 0.6) is 0 Å². The molecule has 0 heterocycles. The van der Waals surface area contributed by atoms with Gasteiger partial charge in [0, 0.05) is 0 Å². The van der Waals surface area contributed by atoms with Crippen LogP contribution < -0.4 is 39.9 Å². The molecule has 0 unspecified atom stereocenters. The largest absolute Gasteiger partial charge is 1.00 e. The van der Waals surface area contributed by atoms with Crippen LogP contribution in [0.25, 0.3) is 0 Å². The van der Waals surface area contributed by atoms with Gasteiger partial charge in [-0.2, -0.15) is 0 Å². The standard InChI is InChI=1S/C25H28P.HI/c1-26(22-15-7-3-8-16-22,23-17-9-4-10-18-23)25-20-12-11-19-24(25)21-13-5-2-6-14-21;/h3-4,7-12,15-21H,2,5-6,13-14H2,1H3;1H/q+1;/p-1. The lowest BCUT2D eigenvalue weighted by Crippen LogP contribution is -3.00. The molecule has 0 bridgehead atoms. The summed E-state index contributed by atoms with van der Waals surface area (Å²) >= 11 is 0. The monoisotopic (exact) mass is 486 g/mol. The van der Waals surface area contributed by atoms with Crippen LogP contribution in [-0.4, -0.2) is 6.66 Å². The van der Waals surface area contributed by atoms with Gasteiger partial charge in [-0.05, 0) is 54.7 Å². The smallest absolute Gasteiger partial charge is 0.109 e. The van der Waals surface area contributed by atoms with Crippen molar-refractivity contribution in [3.63, 3.8) is 0 Å². The van der Waals surface area contributed by atoms with E-state index in [1.54, 1.807) is 10.9 Å². The highest BCUT2D eigenvalue weighted by atomic mass is 127. The summed E-state index contributed by atoms with van der Waals surface area (Å²) in [6.07, 6.45) is 6.86. The van der Waals surface area contributed by atoms with Gasteiger partial charge in [-0.25, -0.2) is 0 Å². The second kappa shape index (κ2) is 9.34. The quantitative estimate of drug-likeness (QED) is 0.393. The molecule has 3 aromatic carbocycles. The minimum Gasteiger partial charge on any atom is -1.00 e. The van der Waals surface area contributed by atoms with Crippen molar-refractivity contribution in [2.45, 2.75) is 38.0 Å². The average molecular weight is 486 g/mol. The van der Waals surface area contributed by atoms with E-state index in [0.29, 0.717) is 0 Å². The van der Waals surface area contributed by atoms with E-state index in [0.717, 1.165) is 5.92 Å². The minimum atomic E-state index is -1.63. The summed E-state index contributed by atoms with van der Waals surface area (Å²) in [4.78, 5) is 0. The van der Waals surface area contributed by atoms with E-state index in [-0.39, 0.29) is 24.0 Å². The molecule has 1 aliphatic rings. The molecule has 3 aromatic rings. The van der Waals surface area contributed by atoms with Gasteiger partial charge in [0.2, 0.25) is 0 Å². The second-order valence-corrected chi connectivity index (χ2v) is 11.1. The lowest BCUT2D eigenvalue weighted by molar-refractivity contribution is -0.00000515. The van der Waals surface area contributed by atoms with Gasteiger partial charge >= 0.3 is 0 Å². The minimum absolute atomic E-state index is 0. The molecule has 27 heavy (non-hydrogen) atoms. The van der Waals surface area contributed by atoms with Gasteiger partial charge in [0.25, 0.3) is 0 Å². The normalized spacial score (nSPS) is 15.1. The fraction of sp³-hybridized carbons (Fsp3) is 0.280. The van der Waals surface area contributed by atoms with Crippen LogP contribution >= 0.6 is 7.26 Å². The van der Waals surface area contributed by atoms with Crippen LogP contribution in [0.3, 0.4) is 0 Å². The first kappa shape index (κ1) is 20.6. The second-order valence-electron chi connectivity index (χ2n) is 7.57. The van der Waals surface area contributed by atoms with Crippen LogP contribution in [0.15, 0.2) is 84.9 Å². The Labute approximate surface area is 181 Å². The van der Waals surface area contributed by atoms with Crippen LogP contribution in [0.4, 0.5) is 0 Å². The SMILES string of the molecule is C[P+](c1ccccc1)(c1ccccc1)c1ccccc1C1CCCCC1.[I-]. The average Bonchev–Trinajstić information content (AvgIpc) is 2.75. The van der Waals surface area contributed by atoms with Crippen molar-refractivity contribution >= 4 is 23.2 Å². The molecule has 0 aliphatic heterocycles. The summed E-state index contributed by atoms with van der Waals surface area (Å²) in [5.41, 5.74) is 1.61. The highest BCUT2D eigenvalue weighted by molar-refractivity contribution is 7.95. The van der Waals surface area contributed by atoms with Gasteiger partial charge in [0.15, 0.2) is 0 Å². The molecule has 0 nitrogen and oxygen atoms in total. The fourth-order valence-electron chi connectivity index (χ4n) is 4.53. The van der Waals surface area contributed by atoms with Crippen molar-refractivity contribution in [1.29, 1.82) is 0 Å². The molecule has 0 aromatic heterocycles. The number of hydrogen-bond donors (Lipinski definition) is 0. The van der Waals surface area contributed by atoms with Crippen molar-refractivity contribution in [2.24, 2.45) is 0 Å². The first-order chi connectivity index (χ1) is 12.8. The lowest BCUT2D eigenvalue weighted by Gasteiger charge is -2.29. The van der Waals surface area contributed by atoms with Crippen LogP contribution in [-0.2, 0) is 0 Å². The molecule has 1 aliphatic carbocycles. The number of hydrogen-bond acceptors (Lipinski definition) is 0. The first-order valence-corrected chi connectivity index (χ1v) is 12.1. The van der Waals surface area contributed by atoms with Gasteiger partial charge in [-0.3, -0.25) is 0 Å². The zero-order valence-electron chi connectivity index (χ0n) is 16.0. The summed E-state index contributed by atoms with van der Waals surface area (Å²) in [6.45, 7) is 2.51. The predicted octanol–water partition coefficient (Wildman–Crippen LogP) is 2.66. The number of halogens is 1. The molecule has 2 heteroatoms. The van der Waals surface area contributed by atoms with Gasteiger partial charge in [0.1, 0.15) is 23.2 Å². The van der Waals surface area contributed by atoms with Crippen molar-refractivity contribution in [1.82, 2.24) is 0 Å². The van der Waals surface area contributed by atoms with E-state index in [1.165, 1.54) is 42.7 Å². The molecular weight excluding hydrogens is 458 g/mol. The van der Waals surface area contributed by atoms with Gasteiger partial charge in [-0.1, -0.05) is 73.9 Å². The molecule has 0 radical (unpaired) electrons. The molecule has 0 spiro atoms. The molecule has 140 valence electrons. The first-order valence-electron chi connectivity index (χ1n) is 9.87. The van der Waals surface area contributed by atoms with Gasteiger partial charge in [-0.15, -0.1) is 0 Å². The predicted molar refractivity (Wildman–Crippen MR) is 117 cm³/mol. The Bertz CT molecular complexity index is 799. The molecule has 0 atom stereocenters. The van der Waals surface area contributed by atoms with Crippen molar-refractivity contribution in [3.8, 4) is 0 Å².